The number of ether oxygens (including phenoxy) is 2. The smallest absolute Gasteiger partial charge is 0.254 e. The molecule has 368 valence electrons. The van der Waals surface area contributed by atoms with E-state index >= 15 is 0 Å². The summed E-state index contributed by atoms with van der Waals surface area (Å²) in [6, 6.07) is 16.5. The van der Waals surface area contributed by atoms with Crippen LogP contribution in [0.1, 0.15) is 101 Å². The van der Waals surface area contributed by atoms with Crippen molar-refractivity contribution in [1.29, 1.82) is 0 Å². The number of aryl methyl sites for hydroxylation is 1. The van der Waals surface area contributed by atoms with E-state index in [-0.39, 0.29) is 66.5 Å². The first kappa shape index (κ1) is 50.6. The van der Waals surface area contributed by atoms with E-state index in [2.05, 4.69) is 64.9 Å². The largest absolute Gasteiger partial charge is 0.489 e. The third-order valence-corrected chi connectivity index (χ3v) is 15.6. The summed E-state index contributed by atoms with van der Waals surface area (Å²) in [6.07, 6.45) is -1.17. The first-order chi connectivity index (χ1) is 33.1. The maximum Gasteiger partial charge on any atom is 0.254 e. The number of thiazole rings is 1. The number of amides is 4. The molecule has 4 aromatic rings. The Kier molecular flexibility index (Phi) is 14.3. The molecule has 4 atom stereocenters. The molecular weight excluding hydrogens is 926 g/mol. The fourth-order valence-electron chi connectivity index (χ4n) is 11.1. The zero-order valence-electron chi connectivity index (χ0n) is 41.3. The predicted octanol–water partition coefficient (Wildman–Crippen LogP) is 7.58. The highest BCUT2D eigenvalue weighted by Gasteiger charge is 2.67. The van der Waals surface area contributed by atoms with Crippen LogP contribution in [-0.4, -0.2) is 118 Å². The van der Waals surface area contributed by atoms with E-state index in [1.807, 2.05) is 87.5 Å². The zero-order chi connectivity index (χ0) is 50.4. The van der Waals surface area contributed by atoms with Gasteiger partial charge in [0.2, 0.25) is 23.4 Å². The highest BCUT2D eigenvalue weighted by Crippen LogP contribution is 2.59. The number of aliphatic hydroxyl groups is 1. The molecule has 3 fully saturated rings. The van der Waals surface area contributed by atoms with Gasteiger partial charge >= 0.3 is 0 Å². The molecule has 3 aliphatic heterocycles. The number of rotatable bonds is 13. The maximum absolute atomic E-state index is 14.2. The molecule has 1 saturated carbocycles. The Morgan fingerprint density at radius 1 is 1.03 bits per heavy atom. The number of benzene rings is 3. The average Bonchev–Trinajstić information content (AvgIpc) is 3.99. The molecule has 0 bridgehead atoms. The number of hydrogen-bond acceptors (Lipinski definition) is 10. The van der Waals surface area contributed by atoms with Crippen molar-refractivity contribution in [2.75, 3.05) is 32.8 Å². The summed E-state index contributed by atoms with van der Waals surface area (Å²) in [6.45, 7) is 27.1. The SMILES string of the molecule is [C-]#[N+]c1ccc(OC2C(C)(C)C(N3Cc4cc(C#CCN5CC(OCC(=O)N[C@H](C(=O)N6C[C@H](O)C[C@H]6C(=O)N[C@@H](C)c6ccc(-c7scnc7C)cc6)C(C)(C)C)C5)ccc4C3=O)C2(C)C)cc1Cl. The second-order valence-electron chi connectivity index (χ2n) is 21.4. The summed E-state index contributed by atoms with van der Waals surface area (Å²) in [5.74, 6) is 5.84. The number of aliphatic hydroxyl groups excluding tert-OH is 1. The number of aromatic nitrogens is 1. The summed E-state index contributed by atoms with van der Waals surface area (Å²) in [5.41, 5.74) is 6.10. The van der Waals surface area contributed by atoms with Gasteiger partial charge < -0.3 is 35.0 Å². The standard InChI is InChI=1S/C54H62ClN7O7S/c1-31(34-14-16-35(17-15-34)45-32(2)57-30-70-45)58-47(65)43-23-37(63)26-61(43)49(67)46(52(3,4)5)59-44(64)29-68-39-27-60(28-39)21-11-12-33-13-19-40-36(22-33)25-62(48(40)66)50-53(6,7)51(54(50,8)9)69-38-18-20-42(56-10)41(55)24-38/h13-20,22,24,30-31,37,39,43,46,50-51,63H,21,23,25-29H2,1-9H3,(H,58,65)(H,59,64)/t31-,37+,43-,46+,50?,51?/m0/s1. The lowest BCUT2D eigenvalue weighted by Crippen LogP contribution is -2.74. The predicted molar refractivity (Wildman–Crippen MR) is 269 cm³/mol. The van der Waals surface area contributed by atoms with Crippen molar-refractivity contribution in [2.24, 2.45) is 16.2 Å². The van der Waals surface area contributed by atoms with Gasteiger partial charge in [-0.2, -0.15) is 0 Å². The molecule has 8 rings (SSSR count). The maximum atomic E-state index is 14.2. The lowest BCUT2D eigenvalue weighted by molar-refractivity contribution is -0.199. The zero-order valence-corrected chi connectivity index (χ0v) is 42.8. The van der Waals surface area contributed by atoms with Gasteiger partial charge in [0.25, 0.3) is 5.91 Å². The van der Waals surface area contributed by atoms with E-state index in [1.54, 1.807) is 29.5 Å². The number of likely N-dealkylation sites (tertiary alicyclic amines) is 2. The van der Waals surface area contributed by atoms with Gasteiger partial charge in [0, 0.05) is 60.6 Å². The van der Waals surface area contributed by atoms with Gasteiger partial charge in [0.05, 0.1) is 52.5 Å². The minimum atomic E-state index is -0.968. The Bertz CT molecular complexity index is 2760. The van der Waals surface area contributed by atoms with E-state index < -0.39 is 35.4 Å². The van der Waals surface area contributed by atoms with Gasteiger partial charge in [-0.1, -0.05) is 102 Å². The van der Waals surface area contributed by atoms with Gasteiger partial charge in [0.1, 0.15) is 30.5 Å². The number of halogens is 1. The van der Waals surface area contributed by atoms with Crippen LogP contribution in [-0.2, 0) is 25.7 Å². The summed E-state index contributed by atoms with van der Waals surface area (Å²) in [7, 11) is 0. The first-order valence-electron chi connectivity index (χ1n) is 23.8. The molecule has 0 unspecified atom stereocenters. The van der Waals surface area contributed by atoms with Crippen molar-refractivity contribution in [3.63, 3.8) is 0 Å². The number of nitrogens with one attached hydrogen (secondary N) is 2. The number of β-amino-alcohol motifs (C(OH)–C–C–N with tert-alkyl or cyclic N) is 1. The van der Waals surface area contributed by atoms with Crippen molar-refractivity contribution < 1.29 is 33.8 Å². The van der Waals surface area contributed by atoms with E-state index in [9.17, 15) is 24.3 Å². The minimum Gasteiger partial charge on any atom is -0.489 e. The molecule has 70 heavy (non-hydrogen) atoms. The van der Waals surface area contributed by atoms with Crippen LogP contribution in [0.3, 0.4) is 0 Å². The van der Waals surface area contributed by atoms with Crippen LogP contribution in [0.2, 0.25) is 5.02 Å². The van der Waals surface area contributed by atoms with E-state index in [0.29, 0.717) is 48.2 Å². The molecule has 2 saturated heterocycles. The Morgan fingerprint density at radius 2 is 1.74 bits per heavy atom. The molecule has 4 heterocycles. The number of hydrogen-bond donors (Lipinski definition) is 3. The van der Waals surface area contributed by atoms with Gasteiger partial charge in [-0.3, -0.25) is 24.1 Å². The molecule has 16 heteroatoms. The fraction of sp³-hybridized carbons (Fsp3) is 0.481. The van der Waals surface area contributed by atoms with Gasteiger partial charge in [-0.25, -0.2) is 9.83 Å². The summed E-state index contributed by atoms with van der Waals surface area (Å²) >= 11 is 7.88. The minimum absolute atomic E-state index is 0.00363. The highest BCUT2D eigenvalue weighted by molar-refractivity contribution is 7.13. The van der Waals surface area contributed by atoms with Crippen molar-refractivity contribution in [3.05, 3.63) is 111 Å². The molecule has 1 aromatic heterocycles. The molecule has 14 nitrogen and oxygen atoms in total. The Balaban J connectivity index is 0.793. The monoisotopic (exact) mass is 987 g/mol. The lowest BCUT2D eigenvalue weighted by atomic mass is 9.49. The number of carbonyl (C=O) groups excluding carboxylic acids is 4. The van der Waals surface area contributed by atoms with Crippen LogP contribution in [0.5, 0.6) is 5.75 Å². The molecular formula is C54H62ClN7O7S. The Hall–Kier alpha value is -5.81. The lowest BCUT2D eigenvalue weighted by Gasteiger charge is -2.65. The second-order valence-corrected chi connectivity index (χ2v) is 22.6. The van der Waals surface area contributed by atoms with Crippen molar-refractivity contribution in [2.45, 2.75) is 118 Å². The normalized spacial score (nSPS) is 22.4. The van der Waals surface area contributed by atoms with E-state index in [1.165, 1.54) is 4.90 Å². The van der Waals surface area contributed by atoms with Crippen LogP contribution in [0.4, 0.5) is 5.69 Å². The van der Waals surface area contributed by atoms with Crippen LogP contribution >= 0.6 is 22.9 Å². The number of carbonyl (C=O) groups is 4. The third-order valence-electron chi connectivity index (χ3n) is 14.3. The highest BCUT2D eigenvalue weighted by atomic mass is 35.5. The van der Waals surface area contributed by atoms with Crippen LogP contribution in [0.25, 0.3) is 15.3 Å². The second kappa shape index (κ2) is 19.8. The summed E-state index contributed by atoms with van der Waals surface area (Å²) in [4.78, 5) is 69.3. The van der Waals surface area contributed by atoms with Gasteiger partial charge in [0.15, 0.2) is 0 Å². The van der Waals surface area contributed by atoms with Crippen molar-refractivity contribution in [1.82, 2.24) is 30.3 Å². The Morgan fingerprint density at radius 3 is 2.39 bits per heavy atom. The fourth-order valence-corrected chi connectivity index (χ4v) is 12.1. The molecule has 4 amide bonds. The quantitative estimate of drug-likeness (QED) is 0.0908. The molecule has 0 radical (unpaired) electrons. The van der Waals surface area contributed by atoms with Crippen LogP contribution < -0.4 is 15.4 Å². The van der Waals surface area contributed by atoms with E-state index in [4.69, 9.17) is 27.6 Å². The molecule has 1 aliphatic carbocycles. The van der Waals surface area contributed by atoms with Crippen LogP contribution in [0, 0.1) is 41.6 Å². The van der Waals surface area contributed by atoms with Gasteiger partial charge in [-0.15, -0.1) is 11.3 Å². The first-order valence-corrected chi connectivity index (χ1v) is 25.0. The topological polar surface area (TPSA) is 158 Å². The summed E-state index contributed by atoms with van der Waals surface area (Å²) in [5, 5.41) is 16.9. The number of nitrogens with zero attached hydrogens (tertiary/aromatic N) is 5. The third kappa shape index (κ3) is 10.2. The average molecular weight is 989 g/mol. The Labute approximate surface area is 419 Å². The van der Waals surface area contributed by atoms with Crippen molar-refractivity contribution >= 4 is 52.3 Å². The van der Waals surface area contributed by atoms with E-state index in [0.717, 1.165) is 32.8 Å². The summed E-state index contributed by atoms with van der Waals surface area (Å²) < 4.78 is 12.4. The molecule has 0 spiro atoms. The van der Waals surface area contributed by atoms with Crippen molar-refractivity contribution in [3.8, 4) is 28.0 Å². The molecule has 3 N–H and O–H groups in total. The van der Waals surface area contributed by atoms with Crippen LogP contribution in [0.15, 0.2) is 66.2 Å². The van der Waals surface area contributed by atoms with Gasteiger partial charge in [-0.05, 0) is 66.3 Å². The number of fused-ring (bicyclic) bond motifs is 1. The molecule has 4 aliphatic rings. The molecule has 3 aromatic carbocycles.